The maximum Gasteiger partial charge on any atom is 0.354 e. The third-order valence-corrected chi connectivity index (χ3v) is 3.66. The van der Waals surface area contributed by atoms with Crippen molar-refractivity contribution in [1.29, 1.82) is 0 Å². The molecule has 18 heavy (non-hydrogen) atoms. The van der Waals surface area contributed by atoms with E-state index in [0.717, 1.165) is 18.2 Å². The molecule has 1 heterocycles. The second-order valence-electron chi connectivity index (χ2n) is 5.09. The summed E-state index contributed by atoms with van der Waals surface area (Å²) in [7, 11) is 2.05. The first-order valence-corrected chi connectivity index (χ1v) is 6.57. The van der Waals surface area contributed by atoms with Crippen LogP contribution in [0.25, 0.3) is 0 Å². The van der Waals surface area contributed by atoms with E-state index in [1.54, 1.807) is 12.3 Å². The largest absolute Gasteiger partial charge is 0.477 e. The summed E-state index contributed by atoms with van der Waals surface area (Å²) < 4.78 is 0. The van der Waals surface area contributed by atoms with Crippen molar-refractivity contribution in [3.63, 3.8) is 0 Å². The Morgan fingerprint density at radius 3 is 2.67 bits per heavy atom. The van der Waals surface area contributed by atoms with Crippen molar-refractivity contribution in [1.82, 2.24) is 4.98 Å². The van der Waals surface area contributed by atoms with Crippen LogP contribution < -0.4 is 4.90 Å². The predicted molar refractivity (Wildman–Crippen MR) is 71.0 cm³/mol. The van der Waals surface area contributed by atoms with E-state index in [1.807, 2.05) is 13.1 Å². The average molecular weight is 248 g/mol. The van der Waals surface area contributed by atoms with Gasteiger partial charge in [-0.1, -0.05) is 19.3 Å². The summed E-state index contributed by atoms with van der Waals surface area (Å²) in [4.78, 5) is 16.8. The quantitative estimate of drug-likeness (QED) is 0.890. The van der Waals surface area contributed by atoms with Crippen molar-refractivity contribution in [2.45, 2.75) is 32.1 Å². The van der Waals surface area contributed by atoms with Crippen molar-refractivity contribution in [2.24, 2.45) is 5.92 Å². The van der Waals surface area contributed by atoms with E-state index in [1.165, 1.54) is 32.1 Å². The topological polar surface area (TPSA) is 53.4 Å². The van der Waals surface area contributed by atoms with Crippen LogP contribution in [0, 0.1) is 5.92 Å². The molecule has 1 fully saturated rings. The van der Waals surface area contributed by atoms with Crippen LogP contribution in [0.4, 0.5) is 5.69 Å². The van der Waals surface area contributed by atoms with Crippen LogP contribution in [-0.4, -0.2) is 29.7 Å². The summed E-state index contributed by atoms with van der Waals surface area (Å²) in [6.07, 6.45) is 8.32. The van der Waals surface area contributed by atoms with Gasteiger partial charge in [-0.3, -0.25) is 0 Å². The summed E-state index contributed by atoms with van der Waals surface area (Å²) in [5.41, 5.74) is 1.09. The molecule has 0 aliphatic heterocycles. The van der Waals surface area contributed by atoms with Crippen LogP contribution in [0.15, 0.2) is 18.3 Å². The van der Waals surface area contributed by atoms with E-state index in [2.05, 4.69) is 9.88 Å². The normalized spacial score (nSPS) is 16.5. The standard InChI is InChI=1S/C14H20N2O2/c1-16(10-11-5-3-2-4-6-11)12-7-8-13(14(17)18)15-9-12/h7-9,11H,2-6,10H2,1H3,(H,17,18). The SMILES string of the molecule is CN(CC1CCCCC1)c1ccc(C(=O)O)nc1. The Hall–Kier alpha value is -1.58. The molecule has 1 aromatic rings. The van der Waals surface area contributed by atoms with Crippen LogP contribution in [0.3, 0.4) is 0 Å². The molecule has 0 unspecified atom stereocenters. The molecule has 4 nitrogen and oxygen atoms in total. The van der Waals surface area contributed by atoms with E-state index >= 15 is 0 Å². The van der Waals surface area contributed by atoms with Crippen LogP contribution in [0.2, 0.25) is 0 Å². The van der Waals surface area contributed by atoms with Gasteiger partial charge in [0.1, 0.15) is 5.69 Å². The van der Waals surface area contributed by atoms with Crippen LogP contribution in [0.1, 0.15) is 42.6 Å². The first-order chi connectivity index (χ1) is 8.66. The molecule has 0 bridgehead atoms. The van der Waals surface area contributed by atoms with Crippen LogP contribution in [-0.2, 0) is 0 Å². The second kappa shape index (κ2) is 5.85. The van der Waals surface area contributed by atoms with Crippen molar-refractivity contribution < 1.29 is 9.90 Å². The highest BCUT2D eigenvalue weighted by atomic mass is 16.4. The minimum atomic E-state index is -0.975. The zero-order valence-corrected chi connectivity index (χ0v) is 10.8. The lowest BCUT2D eigenvalue weighted by Gasteiger charge is -2.28. The molecule has 2 rings (SSSR count). The number of rotatable bonds is 4. The van der Waals surface area contributed by atoms with Gasteiger partial charge in [0.25, 0.3) is 0 Å². The highest BCUT2D eigenvalue weighted by molar-refractivity contribution is 5.85. The summed E-state index contributed by atoms with van der Waals surface area (Å²) in [6.45, 7) is 1.04. The third-order valence-electron chi connectivity index (χ3n) is 3.66. The molecule has 0 saturated heterocycles. The number of pyridine rings is 1. The Bertz CT molecular complexity index is 397. The number of carbonyl (C=O) groups is 1. The molecule has 1 N–H and O–H groups in total. The lowest BCUT2D eigenvalue weighted by molar-refractivity contribution is 0.0690. The average Bonchev–Trinajstić information content (AvgIpc) is 2.40. The number of aromatic carboxylic acids is 1. The lowest BCUT2D eigenvalue weighted by Crippen LogP contribution is -2.26. The van der Waals surface area contributed by atoms with E-state index in [9.17, 15) is 4.79 Å². The van der Waals surface area contributed by atoms with E-state index in [-0.39, 0.29) is 5.69 Å². The van der Waals surface area contributed by atoms with Gasteiger partial charge in [-0.2, -0.15) is 0 Å². The smallest absolute Gasteiger partial charge is 0.354 e. The third kappa shape index (κ3) is 3.22. The molecular weight excluding hydrogens is 228 g/mol. The first-order valence-electron chi connectivity index (χ1n) is 6.57. The van der Waals surface area contributed by atoms with Crippen LogP contribution in [0.5, 0.6) is 0 Å². The zero-order chi connectivity index (χ0) is 13.0. The Kier molecular flexibility index (Phi) is 4.18. The molecule has 0 amide bonds. The van der Waals surface area contributed by atoms with Gasteiger partial charge in [0.05, 0.1) is 11.9 Å². The zero-order valence-electron chi connectivity index (χ0n) is 10.8. The van der Waals surface area contributed by atoms with Gasteiger partial charge >= 0.3 is 5.97 Å². The van der Waals surface area contributed by atoms with Gasteiger partial charge in [0, 0.05) is 13.6 Å². The summed E-state index contributed by atoms with van der Waals surface area (Å²) in [5, 5.41) is 8.80. The molecule has 1 aliphatic rings. The fraction of sp³-hybridized carbons (Fsp3) is 0.571. The molecule has 1 aromatic heterocycles. The molecule has 0 spiro atoms. The monoisotopic (exact) mass is 248 g/mol. The number of hydrogen-bond donors (Lipinski definition) is 1. The van der Waals surface area contributed by atoms with E-state index < -0.39 is 5.97 Å². The van der Waals surface area contributed by atoms with Gasteiger partial charge in [0.2, 0.25) is 0 Å². The lowest BCUT2D eigenvalue weighted by atomic mass is 9.89. The van der Waals surface area contributed by atoms with Crippen molar-refractivity contribution in [3.8, 4) is 0 Å². The van der Waals surface area contributed by atoms with Gasteiger partial charge < -0.3 is 10.0 Å². The Labute approximate surface area is 108 Å². The van der Waals surface area contributed by atoms with Gasteiger partial charge in [-0.15, -0.1) is 0 Å². The van der Waals surface area contributed by atoms with Gasteiger partial charge in [0.15, 0.2) is 0 Å². The fourth-order valence-electron chi connectivity index (χ4n) is 2.60. The van der Waals surface area contributed by atoms with Crippen molar-refractivity contribution in [2.75, 3.05) is 18.5 Å². The highest BCUT2D eigenvalue weighted by Gasteiger charge is 2.16. The summed E-state index contributed by atoms with van der Waals surface area (Å²) >= 11 is 0. The molecule has 0 atom stereocenters. The number of nitrogens with zero attached hydrogens (tertiary/aromatic N) is 2. The van der Waals surface area contributed by atoms with Gasteiger partial charge in [-0.25, -0.2) is 9.78 Å². The minimum Gasteiger partial charge on any atom is -0.477 e. The number of hydrogen-bond acceptors (Lipinski definition) is 3. The molecule has 0 aromatic carbocycles. The Balaban J connectivity index is 1.95. The number of anilines is 1. The highest BCUT2D eigenvalue weighted by Crippen LogP contribution is 2.25. The minimum absolute atomic E-state index is 0.102. The molecule has 1 saturated carbocycles. The molecule has 4 heteroatoms. The predicted octanol–water partition coefficient (Wildman–Crippen LogP) is 2.80. The maximum absolute atomic E-state index is 10.7. The fourth-order valence-corrected chi connectivity index (χ4v) is 2.60. The van der Waals surface area contributed by atoms with Gasteiger partial charge in [-0.05, 0) is 30.9 Å². The Morgan fingerprint density at radius 2 is 2.11 bits per heavy atom. The number of aromatic nitrogens is 1. The second-order valence-corrected chi connectivity index (χ2v) is 5.09. The summed E-state index contributed by atoms with van der Waals surface area (Å²) in [6, 6.07) is 3.40. The molecular formula is C14H20N2O2. The van der Waals surface area contributed by atoms with Crippen molar-refractivity contribution >= 4 is 11.7 Å². The maximum atomic E-state index is 10.7. The molecule has 0 radical (unpaired) electrons. The van der Waals surface area contributed by atoms with Crippen molar-refractivity contribution in [3.05, 3.63) is 24.0 Å². The summed E-state index contributed by atoms with van der Waals surface area (Å²) in [5.74, 6) is -0.209. The molecule has 98 valence electrons. The van der Waals surface area contributed by atoms with E-state index in [0.29, 0.717) is 0 Å². The Morgan fingerprint density at radius 1 is 1.39 bits per heavy atom. The molecule has 1 aliphatic carbocycles. The van der Waals surface area contributed by atoms with Crippen LogP contribution >= 0.6 is 0 Å². The number of carboxylic acids is 1. The number of carboxylic acid groups (broad SMARTS) is 1. The van der Waals surface area contributed by atoms with E-state index in [4.69, 9.17) is 5.11 Å². The first kappa shape index (κ1) is 12.9.